The van der Waals surface area contributed by atoms with Gasteiger partial charge in [-0.15, -0.1) is 0 Å². The number of H-pyrrole nitrogens is 1. The van der Waals surface area contributed by atoms with Crippen LogP contribution in [0.25, 0.3) is 10.9 Å². The summed E-state index contributed by atoms with van der Waals surface area (Å²) in [6, 6.07) is 5.42. The summed E-state index contributed by atoms with van der Waals surface area (Å²) >= 11 is 0. The largest absolute Gasteiger partial charge is 0.347 e. The van der Waals surface area contributed by atoms with Crippen LogP contribution in [0, 0.1) is 0 Å². The van der Waals surface area contributed by atoms with Crippen LogP contribution in [0.3, 0.4) is 0 Å². The van der Waals surface area contributed by atoms with E-state index in [1.807, 2.05) is 26.8 Å². The Labute approximate surface area is 134 Å². The summed E-state index contributed by atoms with van der Waals surface area (Å²) in [4.78, 5) is 30.5. The smallest absolute Gasteiger partial charge is 0.273 e. The van der Waals surface area contributed by atoms with Crippen molar-refractivity contribution in [3.05, 3.63) is 54.5 Å². The molecule has 118 valence electrons. The Morgan fingerprint density at radius 2 is 2.04 bits per heavy atom. The van der Waals surface area contributed by atoms with Crippen LogP contribution in [0.15, 0.2) is 43.0 Å². The third kappa shape index (κ3) is 3.21. The first-order valence-electron chi connectivity index (χ1n) is 7.46. The molecular weight excluding hydrogens is 290 g/mol. The predicted octanol–water partition coefficient (Wildman–Crippen LogP) is 2.79. The van der Waals surface area contributed by atoms with Gasteiger partial charge in [0, 0.05) is 35.7 Å². The minimum absolute atomic E-state index is 0.118. The van der Waals surface area contributed by atoms with Crippen LogP contribution in [0.4, 0.5) is 0 Å². The summed E-state index contributed by atoms with van der Waals surface area (Å²) in [5, 5.41) is 0.914. The lowest BCUT2D eigenvalue weighted by molar-refractivity contribution is 0.0546. The topological polar surface area (TPSA) is 74.8 Å². The second kappa shape index (κ2) is 5.79. The van der Waals surface area contributed by atoms with Crippen LogP contribution in [0.2, 0.25) is 0 Å². The maximum atomic E-state index is 13.0. The van der Waals surface area contributed by atoms with Crippen molar-refractivity contribution in [2.75, 3.05) is 0 Å². The lowest BCUT2D eigenvalue weighted by atomic mass is 10.0. The molecule has 0 aromatic carbocycles. The first-order valence-corrected chi connectivity index (χ1v) is 7.46. The summed E-state index contributed by atoms with van der Waals surface area (Å²) in [6.45, 7) is 6.40. The minimum atomic E-state index is -0.348. The molecule has 0 fully saturated rings. The van der Waals surface area contributed by atoms with E-state index in [9.17, 15) is 4.79 Å². The number of hydrogen-bond donors (Lipinski definition) is 1. The van der Waals surface area contributed by atoms with Crippen molar-refractivity contribution >= 4 is 16.8 Å². The fourth-order valence-electron chi connectivity index (χ4n) is 2.37. The van der Waals surface area contributed by atoms with Gasteiger partial charge in [0.15, 0.2) is 0 Å². The van der Waals surface area contributed by atoms with E-state index in [1.165, 1.54) is 0 Å². The molecule has 0 unspecified atom stereocenters. The predicted molar refractivity (Wildman–Crippen MR) is 87.8 cm³/mol. The molecule has 1 N–H and O–H groups in total. The number of hydrogen-bond acceptors (Lipinski definition) is 4. The van der Waals surface area contributed by atoms with Gasteiger partial charge in [-0.25, -0.2) is 9.97 Å². The number of pyridine rings is 2. The SMILES string of the molecule is CC(C)(C)N(Cc1ncc[nH]1)C(=O)c1ccc2cnccc2n1. The Hall–Kier alpha value is -2.76. The summed E-state index contributed by atoms with van der Waals surface area (Å²) < 4.78 is 0. The Morgan fingerprint density at radius 1 is 1.22 bits per heavy atom. The van der Waals surface area contributed by atoms with Crippen LogP contribution in [-0.2, 0) is 6.54 Å². The number of imidazole rings is 1. The van der Waals surface area contributed by atoms with E-state index >= 15 is 0 Å². The molecule has 0 saturated heterocycles. The average Bonchev–Trinajstić information content (AvgIpc) is 3.03. The molecule has 23 heavy (non-hydrogen) atoms. The second-order valence-corrected chi connectivity index (χ2v) is 6.36. The minimum Gasteiger partial charge on any atom is -0.347 e. The summed E-state index contributed by atoms with van der Waals surface area (Å²) in [5.41, 5.74) is 0.835. The lowest BCUT2D eigenvalue weighted by Crippen LogP contribution is -2.45. The van der Waals surface area contributed by atoms with E-state index in [0.717, 1.165) is 16.7 Å². The zero-order chi connectivity index (χ0) is 16.4. The maximum absolute atomic E-state index is 13.0. The van der Waals surface area contributed by atoms with Crippen molar-refractivity contribution in [1.29, 1.82) is 0 Å². The highest BCUT2D eigenvalue weighted by Gasteiger charge is 2.29. The zero-order valence-electron chi connectivity index (χ0n) is 13.4. The van der Waals surface area contributed by atoms with E-state index in [-0.39, 0.29) is 11.4 Å². The Morgan fingerprint density at radius 3 is 2.74 bits per heavy atom. The average molecular weight is 309 g/mol. The highest BCUT2D eigenvalue weighted by atomic mass is 16.2. The summed E-state index contributed by atoms with van der Waals surface area (Å²) in [6.07, 6.45) is 6.85. The number of carbonyl (C=O) groups excluding carboxylic acids is 1. The number of nitrogens with zero attached hydrogens (tertiary/aromatic N) is 4. The monoisotopic (exact) mass is 309 g/mol. The van der Waals surface area contributed by atoms with Crippen molar-refractivity contribution in [2.45, 2.75) is 32.9 Å². The third-order valence-corrected chi connectivity index (χ3v) is 3.63. The van der Waals surface area contributed by atoms with Crippen LogP contribution >= 0.6 is 0 Å². The maximum Gasteiger partial charge on any atom is 0.273 e. The quantitative estimate of drug-likeness (QED) is 0.807. The van der Waals surface area contributed by atoms with Gasteiger partial charge < -0.3 is 9.88 Å². The Kier molecular flexibility index (Phi) is 3.82. The van der Waals surface area contributed by atoms with Crippen molar-refractivity contribution in [3.63, 3.8) is 0 Å². The molecule has 0 saturated carbocycles. The first kappa shape index (κ1) is 15.1. The molecule has 3 rings (SSSR count). The fraction of sp³-hybridized carbons (Fsp3) is 0.294. The molecule has 0 aliphatic heterocycles. The number of aromatic amines is 1. The van der Waals surface area contributed by atoms with Gasteiger partial charge in [0.2, 0.25) is 0 Å². The summed E-state index contributed by atoms with van der Waals surface area (Å²) in [7, 11) is 0. The van der Waals surface area contributed by atoms with Crippen LogP contribution < -0.4 is 0 Å². The number of carbonyl (C=O) groups is 1. The molecule has 0 atom stereocenters. The molecule has 0 spiro atoms. The number of rotatable bonds is 3. The van der Waals surface area contributed by atoms with E-state index in [2.05, 4.69) is 19.9 Å². The molecule has 0 radical (unpaired) electrons. The molecule has 6 heteroatoms. The van der Waals surface area contributed by atoms with E-state index in [1.54, 1.807) is 41.8 Å². The molecule has 0 bridgehead atoms. The normalized spacial score (nSPS) is 11.6. The highest BCUT2D eigenvalue weighted by Crippen LogP contribution is 2.20. The molecule has 3 aromatic rings. The van der Waals surface area contributed by atoms with Crippen molar-refractivity contribution in [2.24, 2.45) is 0 Å². The molecular formula is C17H19N5O. The van der Waals surface area contributed by atoms with Gasteiger partial charge in [-0.3, -0.25) is 9.78 Å². The van der Waals surface area contributed by atoms with E-state index < -0.39 is 0 Å². The lowest BCUT2D eigenvalue weighted by Gasteiger charge is -2.35. The first-order chi connectivity index (χ1) is 10.9. The van der Waals surface area contributed by atoms with Gasteiger partial charge in [-0.2, -0.15) is 0 Å². The van der Waals surface area contributed by atoms with Gasteiger partial charge in [-0.1, -0.05) is 0 Å². The third-order valence-electron chi connectivity index (χ3n) is 3.63. The Bertz CT molecular complexity index is 820. The van der Waals surface area contributed by atoms with Crippen LogP contribution in [0.1, 0.15) is 37.1 Å². The molecule has 1 amide bonds. The van der Waals surface area contributed by atoms with Crippen molar-refractivity contribution in [3.8, 4) is 0 Å². The van der Waals surface area contributed by atoms with E-state index in [4.69, 9.17) is 0 Å². The van der Waals surface area contributed by atoms with Gasteiger partial charge in [0.1, 0.15) is 11.5 Å². The molecule has 0 aliphatic rings. The van der Waals surface area contributed by atoms with Gasteiger partial charge in [0.25, 0.3) is 5.91 Å². The zero-order valence-corrected chi connectivity index (χ0v) is 13.4. The molecule has 0 aliphatic carbocycles. The molecule has 3 heterocycles. The fourth-order valence-corrected chi connectivity index (χ4v) is 2.37. The molecule has 3 aromatic heterocycles. The second-order valence-electron chi connectivity index (χ2n) is 6.36. The number of aromatic nitrogens is 4. The summed E-state index contributed by atoms with van der Waals surface area (Å²) in [5.74, 6) is 0.630. The number of nitrogens with one attached hydrogen (secondary N) is 1. The van der Waals surface area contributed by atoms with E-state index in [0.29, 0.717) is 12.2 Å². The standard InChI is InChI=1S/C17H19N5O/c1-17(2,3)22(11-15-19-8-9-20-15)16(23)14-5-4-12-10-18-7-6-13(12)21-14/h4-10H,11H2,1-3H3,(H,19,20). The Balaban J connectivity index is 1.95. The van der Waals surface area contributed by atoms with Crippen LogP contribution in [0.5, 0.6) is 0 Å². The van der Waals surface area contributed by atoms with Crippen molar-refractivity contribution in [1.82, 2.24) is 24.8 Å². The van der Waals surface area contributed by atoms with Crippen LogP contribution in [-0.4, -0.2) is 36.3 Å². The molecule has 6 nitrogen and oxygen atoms in total. The number of amides is 1. The highest BCUT2D eigenvalue weighted by molar-refractivity contribution is 5.95. The van der Waals surface area contributed by atoms with Gasteiger partial charge in [0.05, 0.1) is 12.1 Å². The van der Waals surface area contributed by atoms with Crippen molar-refractivity contribution < 1.29 is 4.79 Å². The number of fused-ring (bicyclic) bond motifs is 1. The van der Waals surface area contributed by atoms with Gasteiger partial charge in [-0.05, 0) is 39.0 Å². The van der Waals surface area contributed by atoms with Gasteiger partial charge >= 0.3 is 0 Å².